The molecule has 5 heteroatoms. The van der Waals surface area contributed by atoms with Crippen molar-refractivity contribution in [2.75, 3.05) is 7.11 Å². The van der Waals surface area contributed by atoms with Gasteiger partial charge < -0.3 is 9.47 Å². The van der Waals surface area contributed by atoms with Crippen molar-refractivity contribution in [3.8, 4) is 11.5 Å². The second-order valence-electron chi connectivity index (χ2n) is 3.54. The number of halogens is 2. The summed E-state index contributed by atoms with van der Waals surface area (Å²) in [4.78, 5) is 4.17. The van der Waals surface area contributed by atoms with E-state index < -0.39 is 0 Å². The van der Waals surface area contributed by atoms with Gasteiger partial charge in [0.15, 0.2) is 5.75 Å². The summed E-state index contributed by atoms with van der Waals surface area (Å²) in [6, 6.07) is 9.57. The normalized spacial score (nSPS) is 10.2. The molecular weight excluding hydrogens is 409 g/mol. The van der Waals surface area contributed by atoms with Crippen molar-refractivity contribution >= 4 is 38.5 Å². The number of hydrogen-bond acceptors (Lipinski definition) is 3. The van der Waals surface area contributed by atoms with Crippen LogP contribution in [0.15, 0.2) is 41.0 Å². The van der Waals surface area contributed by atoms with E-state index in [1.807, 2.05) is 30.3 Å². The van der Waals surface area contributed by atoms with Gasteiger partial charge >= 0.3 is 0 Å². The van der Waals surface area contributed by atoms with Crippen LogP contribution in [0.1, 0.15) is 5.56 Å². The third kappa shape index (κ3) is 3.35. The smallest absolute Gasteiger partial charge is 0.151 e. The summed E-state index contributed by atoms with van der Waals surface area (Å²) in [5, 5.41) is 0. The van der Waals surface area contributed by atoms with Crippen molar-refractivity contribution < 1.29 is 9.47 Å². The molecule has 0 saturated carbocycles. The summed E-state index contributed by atoms with van der Waals surface area (Å²) in [5.74, 6) is 1.60. The van der Waals surface area contributed by atoms with E-state index in [2.05, 4.69) is 43.5 Å². The number of hydrogen-bond donors (Lipinski definition) is 0. The zero-order valence-corrected chi connectivity index (χ0v) is 13.4. The van der Waals surface area contributed by atoms with Gasteiger partial charge in [-0.2, -0.15) is 0 Å². The molecule has 1 heterocycles. The largest absolute Gasteiger partial charge is 0.497 e. The molecule has 0 unspecified atom stereocenters. The van der Waals surface area contributed by atoms with Gasteiger partial charge in [0, 0.05) is 16.2 Å². The van der Waals surface area contributed by atoms with E-state index in [4.69, 9.17) is 9.47 Å². The highest BCUT2D eigenvalue weighted by Crippen LogP contribution is 2.25. The maximum absolute atomic E-state index is 5.75. The number of benzene rings is 1. The fraction of sp³-hybridized carbons (Fsp3) is 0.154. The van der Waals surface area contributed by atoms with E-state index in [-0.39, 0.29) is 0 Å². The van der Waals surface area contributed by atoms with Gasteiger partial charge in [0.05, 0.1) is 7.11 Å². The monoisotopic (exact) mass is 419 g/mol. The van der Waals surface area contributed by atoms with Crippen molar-refractivity contribution in [2.24, 2.45) is 0 Å². The zero-order chi connectivity index (χ0) is 13.0. The van der Waals surface area contributed by atoms with Crippen LogP contribution in [0.2, 0.25) is 0 Å². The van der Waals surface area contributed by atoms with Gasteiger partial charge in [-0.1, -0.05) is 15.9 Å². The van der Waals surface area contributed by atoms with Gasteiger partial charge in [0.2, 0.25) is 0 Å². The topological polar surface area (TPSA) is 31.4 Å². The maximum atomic E-state index is 5.75. The van der Waals surface area contributed by atoms with Crippen LogP contribution in [0.3, 0.4) is 0 Å². The second kappa shape index (κ2) is 6.38. The highest BCUT2D eigenvalue weighted by atomic mass is 127. The van der Waals surface area contributed by atoms with Crippen LogP contribution < -0.4 is 9.47 Å². The first kappa shape index (κ1) is 13.6. The van der Waals surface area contributed by atoms with E-state index >= 15 is 0 Å². The van der Waals surface area contributed by atoms with Crippen molar-refractivity contribution in [2.45, 2.75) is 6.61 Å². The Balaban J connectivity index is 2.13. The van der Waals surface area contributed by atoms with E-state index in [0.29, 0.717) is 6.61 Å². The van der Waals surface area contributed by atoms with E-state index in [1.54, 1.807) is 13.3 Å². The summed E-state index contributed by atoms with van der Waals surface area (Å²) < 4.78 is 12.8. The molecule has 1 aromatic heterocycles. The first-order chi connectivity index (χ1) is 8.70. The molecule has 94 valence electrons. The number of ether oxygens (including phenoxy) is 2. The van der Waals surface area contributed by atoms with Crippen LogP contribution in [0, 0.1) is 3.70 Å². The molecule has 0 radical (unpaired) electrons. The highest BCUT2D eigenvalue weighted by molar-refractivity contribution is 14.1. The lowest BCUT2D eigenvalue weighted by molar-refractivity contribution is 0.300. The van der Waals surface area contributed by atoms with Gasteiger partial charge in [0.25, 0.3) is 0 Å². The lowest BCUT2D eigenvalue weighted by atomic mass is 10.2. The van der Waals surface area contributed by atoms with Crippen molar-refractivity contribution in [1.29, 1.82) is 0 Å². The molecule has 1 aromatic carbocycles. The number of methoxy groups -OCH3 is 1. The molecule has 0 bridgehead atoms. The predicted molar refractivity (Wildman–Crippen MR) is 82.0 cm³/mol. The third-order valence-corrected chi connectivity index (χ3v) is 3.94. The molecule has 0 saturated heterocycles. The molecule has 0 N–H and O–H groups in total. The Morgan fingerprint density at radius 1 is 1.33 bits per heavy atom. The molecule has 0 atom stereocenters. The zero-order valence-electron chi connectivity index (χ0n) is 9.69. The Hall–Kier alpha value is -0.820. The van der Waals surface area contributed by atoms with Gasteiger partial charge in [-0.05, 0) is 52.9 Å². The van der Waals surface area contributed by atoms with Crippen molar-refractivity contribution in [1.82, 2.24) is 4.98 Å². The number of aromatic nitrogens is 1. The van der Waals surface area contributed by atoms with Gasteiger partial charge in [-0.3, -0.25) is 0 Å². The van der Waals surface area contributed by atoms with Gasteiger partial charge in [0.1, 0.15) is 16.1 Å². The SMILES string of the molecule is COc1ccc(Br)c(COc2cccnc2I)c1. The van der Waals surface area contributed by atoms with Crippen LogP contribution in [0.5, 0.6) is 11.5 Å². The molecule has 2 aromatic rings. The van der Waals surface area contributed by atoms with Crippen LogP contribution in [-0.4, -0.2) is 12.1 Å². The molecule has 18 heavy (non-hydrogen) atoms. The predicted octanol–water partition coefficient (Wildman–Crippen LogP) is 4.04. The lowest BCUT2D eigenvalue weighted by Gasteiger charge is -2.10. The Labute approximate surface area is 128 Å². The Morgan fingerprint density at radius 3 is 2.89 bits per heavy atom. The average Bonchev–Trinajstić information content (AvgIpc) is 2.39. The molecule has 3 nitrogen and oxygen atoms in total. The fourth-order valence-corrected chi connectivity index (χ4v) is 2.28. The third-order valence-electron chi connectivity index (χ3n) is 2.36. The molecule has 0 spiro atoms. The summed E-state index contributed by atoms with van der Waals surface area (Å²) in [7, 11) is 1.65. The number of rotatable bonds is 4. The van der Waals surface area contributed by atoms with Gasteiger partial charge in [-0.25, -0.2) is 4.98 Å². The van der Waals surface area contributed by atoms with Gasteiger partial charge in [-0.15, -0.1) is 0 Å². The quantitative estimate of drug-likeness (QED) is 0.553. The molecular formula is C13H11BrINO2. The maximum Gasteiger partial charge on any atom is 0.151 e. The first-order valence-electron chi connectivity index (χ1n) is 5.26. The fourth-order valence-electron chi connectivity index (χ4n) is 1.42. The molecule has 0 amide bonds. The Morgan fingerprint density at radius 2 is 2.17 bits per heavy atom. The van der Waals surface area contributed by atoms with Crippen molar-refractivity contribution in [3.63, 3.8) is 0 Å². The van der Waals surface area contributed by atoms with Crippen LogP contribution in [0.4, 0.5) is 0 Å². The van der Waals surface area contributed by atoms with Crippen LogP contribution in [-0.2, 0) is 6.61 Å². The van der Waals surface area contributed by atoms with E-state index in [0.717, 1.165) is 25.2 Å². The molecule has 0 fully saturated rings. The standard InChI is InChI=1S/C13H11BrINO2/c1-17-10-4-5-11(14)9(7-10)8-18-12-3-2-6-16-13(12)15/h2-7H,8H2,1H3. The Kier molecular flexibility index (Phi) is 4.82. The molecule has 0 aliphatic carbocycles. The number of nitrogens with zero attached hydrogens (tertiary/aromatic N) is 1. The summed E-state index contributed by atoms with van der Waals surface area (Å²) in [6.07, 6.45) is 1.75. The van der Waals surface area contributed by atoms with Crippen molar-refractivity contribution in [3.05, 3.63) is 50.3 Å². The minimum atomic E-state index is 0.472. The lowest BCUT2D eigenvalue weighted by Crippen LogP contribution is -1.99. The summed E-state index contributed by atoms with van der Waals surface area (Å²) >= 11 is 5.65. The minimum Gasteiger partial charge on any atom is -0.497 e. The molecule has 2 rings (SSSR count). The average molecular weight is 420 g/mol. The van der Waals surface area contributed by atoms with E-state index in [9.17, 15) is 0 Å². The summed E-state index contributed by atoms with van der Waals surface area (Å²) in [6.45, 7) is 0.472. The minimum absolute atomic E-state index is 0.472. The summed E-state index contributed by atoms with van der Waals surface area (Å²) in [5.41, 5.74) is 1.04. The highest BCUT2D eigenvalue weighted by Gasteiger charge is 2.05. The second-order valence-corrected chi connectivity index (χ2v) is 5.41. The van der Waals surface area contributed by atoms with Crippen LogP contribution in [0.25, 0.3) is 0 Å². The number of pyridine rings is 1. The Bertz CT molecular complexity index is 548. The molecule has 0 aliphatic heterocycles. The van der Waals surface area contributed by atoms with Crippen LogP contribution >= 0.6 is 38.5 Å². The first-order valence-corrected chi connectivity index (χ1v) is 7.13. The molecule has 0 aliphatic rings. The van der Waals surface area contributed by atoms with E-state index in [1.165, 1.54) is 0 Å².